The van der Waals surface area contributed by atoms with E-state index in [0.29, 0.717) is 6.54 Å². The molecule has 1 fully saturated rings. The predicted octanol–water partition coefficient (Wildman–Crippen LogP) is 1.14. The van der Waals surface area contributed by atoms with Crippen molar-refractivity contribution in [3.05, 3.63) is 11.6 Å². The van der Waals surface area contributed by atoms with Gasteiger partial charge >= 0.3 is 0 Å². The second-order valence-electron chi connectivity index (χ2n) is 4.41. The molecule has 0 atom stereocenters. The summed E-state index contributed by atoms with van der Waals surface area (Å²) in [5, 5.41) is 7.28. The molecule has 2 rings (SSSR count). The van der Waals surface area contributed by atoms with Crippen LogP contribution in [0.25, 0.3) is 0 Å². The van der Waals surface area contributed by atoms with Gasteiger partial charge in [-0.3, -0.25) is 5.10 Å². The molecule has 0 spiro atoms. The fourth-order valence-corrected chi connectivity index (χ4v) is 1.88. The number of aromatic nitrogens is 3. The Morgan fingerprint density at radius 1 is 1.50 bits per heavy atom. The zero-order valence-electron chi connectivity index (χ0n) is 8.71. The highest BCUT2D eigenvalue weighted by Crippen LogP contribution is 2.41. The van der Waals surface area contributed by atoms with E-state index in [1.54, 1.807) is 0 Å². The lowest BCUT2D eigenvalue weighted by Gasteiger charge is -2.35. The van der Waals surface area contributed by atoms with Gasteiger partial charge in [-0.05, 0) is 25.8 Å². The van der Waals surface area contributed by atoms with Crippen molar-refractivity contribution in [1.82, 2.24) is 15.2 Å². The minimum Gasteiger partial charge on any atom is -0.330 e. The first kappa shape index (κ1) is 9.65. The molecule has 0 bridgehead atoms. The molecule has 0 saturated heterocycles. The lowest BCUT2D eigenvalue weighted by atomic mass is 9.70. The van der Waals surface area contributed by atoms with E-state index < -0.39 is 0 Å². The van der Waals surface area contributed by atoms with Gasteiger partial charge in [-0.2, -0.15) is 5.10 Å². The number of nitrogens with two attached hydrogens (primary N) is 1. The van der Waals surface area contributed by atoms with E-state index in [0.717, 1.165) is 24.5 Å². The van der Waals surface area contributed by atoms with Crippen molar-refractivity contribution >= 4 is 0 Å². The van der Waals surface area contributed by atoms with Crippen LogP contribution in [0.3, 0.4) is 0 Å². The standard InChI is InChI=1S/C10H18N4/c1-10(5-3-6-10)9-12-8(13-14-9)4-2-7-11/h2-7,11H2,1H3,(H,12,13,14). The molecular weight excluding hydrogens is 176 g/mol. The zero-order valence-corrected chi connectivity index (χ0v) is 8.71. The minimum absolute atomic E-state index is 0.247. The Morgan fingerprint density at radius 2 is 2.29 bits per heavy atom. The SMILES string of the molecule is CC1(c2n[nH]c(CCCN)n2)CCC1. The van der Waals surface area contributed by atoms with E-state index in [2.05, 4.69) is 22.1 Å². The largest absolute Gasteiger partial charge is 0.330 e. The van der Waals surface area contributed by atoms with Crippen LogP contribution in [0.4, 0.5) is 0 Å². The Balaban J connectivity index is 2.02. The number of aromatic amines is 1. The highest BCUT2D eigenvalue weighted by molar-refractivity contribution is 5.10. The summed E-state index contributed by atoms with van der Waals surface area (Å²) in [4.78, 5) is 4.52. The lowest BCUT2D eigenvalue weighted by molar-refractivity contribution is 0.257. The summed E-state index contributed by atoms with van der Waals surface area (Å²) >= 11 is 0. The zero-order chi connectivity index (χ0) is 10.0. The molecular formula is C10H18N4. The van der Waals surface area contributed by atoms with Crippen LogP contribution in [-0.4, -0.2) is 21.7 Å². The number of aryl methyl sites for hydroxylation is 1. The number of H-pyrrole nitrogens is 1. The van der Waals surface area contributed by atoms with Crippen LogP contribution in [0.5, 0.6) is 0 Å². The van der Waals surface area contributed by atoms with Crippen LogP contribution in [-0.2, 0) is 11.8 Å². The third kappa shape index (κ3) is 1.66. The molecule has 1 heterocycles. The highest BCUT2D eigenvalue weighted by Gasteiger charge is 2.37. The smallest absolute Gasteiger partial charge is 0.156 e. The minimum atomic E-state index is 0.247. The number of rotatable bonds is 4. The maximum atomic E-state index is 5.44. The van der Waals surface area contributed by atoms with Crippen LogP contribution in [0, 0.1) is 0 Å². The molecule has 0 aromatic carbocycles. The van der Waals surface area contributed by atoms with Crippen LogP contribution in [0.2, 0.25) is 0 Å². The summed E-state index contributed by atoms with van der Waals surface area (Å²) in [5.74, 6) is 1.98. The van der Waals surface area contributed by atoms with Gasteiger partial charge < -0.3 is 5.73 Å². The fourth-order valence-electron chi connectivity index (χ4n) is 1.88. The van der Waals surface area contributed by atoms with Crippen LogP contribution < -0.4 is 5.73 Å². The van der Waals surface area contributed by atoms with Crippen molar-refractivity contribution in [1.29, 1.82) is 0 Å². The van der Waals surface area contributed by atoms with Crippen LogP contribution >= 0.6 is 0 Å². The van der Waals surface area contributed by atoms with Gasteiger partial charge in [0.25, 0.3) is 0 Å². The van der Waals surface area contributed by atoms with Gasteiger partial charge in [0, 0.05) is 11.8 Å². The van der Waals surface area contributed by atoms with Crippen molar-refractivity contribution in [3.63, 3.8) is 0 Å². The Labute approximate surface area is 84.3 Å². The summed E-state index contributed by atoms with van der Waals surface area (Å²) in [6, 6.07) is 0. The van der Waals surface area contributed by atoms with Crippen LogP contribution in [0.15, 0.2) is 0 Å². The van der Waals surface area contributed by atoms with Gasteiger partial charge in [0.05, 0.1) is 0 Å². The van der Waals surface area contributed by atoms with E-state index in [-0.39, 0.29) is 5.41 Å². The molecule has 14 heavy (non-hydrogen) atoms. The van der Waals surface area contributed by atoms with Gasteiger partial charge in [-0.15, -0.1) is 0 Å². The number of hydrogen-bond acceptors (Lipinski definition) is 3. The van der Waals surface area contributed by atoms with Crippen molar-refractivity contribution in [2.24, 2.45) is 5.73 Å². The molecule has 0 radical (unpaired) electrons. The van der Waals surface area contributed by atoms with Gasteiger partial charge in [0.1, 0.15) is 5.82 Å². The first-order valence-corrected chi connectivity index (χ1v) is 5.36. The summed E-state index contributed by atoms with van der Waals surface area (Å²) in [6.45, 7) is 2.96. The quantitative estimate of drug-likeness (QED) is 0.755. The molecule has 1 saturated carbocycles. The van der Waals surface area contributed by atoms with Gasteiger partial charge in [-0.1, -0.05) is 13.3 Å². The molecule has 78 valence electrons. The topological polar surface area (TPSA) is 67.6 Å². The van der Waals surface area contributed by atoms with E-state index in [4.69, 9.17) is 5.73 Å². The highest BCUT2D eigenvalue weighted by atomic mass is 15.2. The molecule has 0 amide bonds. The fraction of sp³-hybridized carbons (Fsp3) is 0.800. The molecule has 0 aliphatic heterocycles. The third-order valence-corrected chi connectivity index (χ3v) is 3.15. The molecule has 4 heteroatoms. The molecule has 4 nitrogen and oxygen atoms in total. The summed E-state index contributed by atoms with van der Waals surface area (Å²) in [6.07, 6.45) is 5.65. The number of hydrogen-bond donors (Lipinski definition) is 2. The Morgan fingerprint density at radius 3 is 2.86 bits per heavy atom. The van der Waals surface area contributed by atoms with Gasteiger partial charge in [0.2, 0.25) is 0 Å². The molecule has 3 N–H and O–H groups in total. The average Bonchev–Trinajstić information content (AvgIpc) is 2.59. The van der Waals surface area contributed by atoms with Crippen LogP contribution in [0.1, 0.15) is 44.3 Å². The van der Waals surface area contributed by atoms with Crippen molar-refractivity contribution in [2.45, 2.75) is 44.4 Å². The van der Waals surface area contributed by atoms with E-state index >= 15 is 0 Å². The van der Waals surface area contributed by atoms with E-state index in [1.807, 2.05) is 0 Å². The summed E-state index contributed by atoms with van der Waals surface area (Å²) < 4.78 is 0. The first-order chi connectivity index (χ1) is 6.74. The predicted molar refractivity (Wildman–Crippen MR) is 55.0 cm³/mol. The second kappa shape index (κ2) is 3.69. The maximum Gasteiger partial charge on any atom is 0.156 e. The number of nitrogens with one attached hydrogen (secondary N) is 1. The normalized spacial score (nSPS) is 19.3. The molecule has 1 aromatic heterocycles. The molecule has 1 aliphatic rings. The average molecular weight is 194 g/mol. The Bertz CT molecular complexity index is 301. The second-order valence-corrected chi connectivity index (χ2v) is 4.41. The van der Waals surface area contributed by atoms with Crippen molar-refractivity contribution < 1.29 is 0 Å². The maximum absolute atomic E-state index is 5.44. The first-order valence-electron chi connectivity index (χ1n) is 5.36. The van der Waals surface area contributed by atoms with E-state index in [1.165, 1.54) is 19.3 Å². The molecule has 0 unspecified atom stereocenters. The molecule has 1 aliphatic carbocycles. The van der Waals surface area contributed by atoms with Gasteiger partial charge in [-0.25, -0.2) is 4.98 Å². The monoisotopic (exact) mass is 194 g/mol. The number of nitrogens with zero attached hydrogens (tertiary/aromatic N) is 2. The third-order valence-electron chi connectivity index (χ3n) is 3.15. The van der Waals surface area contributed by atoms with Crippen molar-refractivity contribution in [2.75, 3.05) is 6.54 Å². The molecule has 1 aromatic rings. The summed E-state index contributed by atoms with van der Waals surface area (Å²) in [7, 11) is 0. The Hall–Kier alpha value is -0.900. The van der Waals surface area contributed by atoms with E-state index in [9.17, 15) is 0 Å². The Kier molecular flexibility index (Phi) is 2.54. The summed E-state index contributed by atoms with van der Waals surface area (Å²) in [5.41, 5.74) is 5.69. The lowest BCUT2D eigenvalue weighted by Crippen LogP contribution is -2.31. The van der Waals surface area contributed by atoms with Gasteiger partial charge in [0.15, 0.2) is 5.82 Å². The van der Waals surface area contributed by atoms with Crippen molar-refractivity contribution in [3.8, 4) is 0 Å².